The molecule has 0 radical (unpaired) electrons. The molecule has 0 fully saturated rings. The van der Waals surface area contributed by atoms with Gasteiger partial charge in [0.1, 0.15) is 0 Å². The van der Waals surface area contributed by atoms with E-state index >= 15 is 0 Å². The summed E-state index contributed by atoms with van der Waals surface area (Å²) in [6, 6.07) is 0. The van der Waals surface area contributed by atoms with E-state index in [2.05, 4.69) is 21.0 Å². The second kappa shape index (κ2) is 17.7. The van der Waals surface area contributed by atoms with Gasteiger partial charge in [0, 0.05) is 6.42 Å². The molecule has 0 aliphatic carbocycles. The third kappa shape index (κ3) is 18.4. The van der Waals surface area contributed by atoms with E-state index < -0.39 is 0 Å². The van der Waals surface area contributed by atoms with Gasteiger partial charge in [-0.05, 0) is 19.4 Å². The van der Waals surface area contributed by atoms with Crippen LogP contribution in [0, 0.1) is 0 Å². The zero-order valence-corrected chi connectivity index (χ0v) is 17.3. The van der Waals surface area contributed by atoms with E-state index in [1.54, 1.807) is 0 Å². The lowest BCUT2D eigenvalue weighted by Gasteiger charge is -2.29. The standard InChI is InChI=1S/C19H43N2.BrH/c1-4-5-6-7-8-9-10-11-12-13-14-15-18-21(2,3)19-16-17-20;/h4-20H2,1-3H3;1H/q+1;/p-1. The largest absolute Gasteiger partial charge is 1.00 e. The Balaban J connectivity index is 0. The van der Waals surface area contributed by atoms with Crippen LogP contribution in [0.15, 0.2) is 0 Å². The van der Waals surface area contributed by atoms with Crippen LogP contribution in [0.5, 0.6) is 0 Å². The van der Waals surface area contributed by atoms with Crippen molar-refractivity contribution in [1.29, 1.82) is 0 Å². The van der Waals surface area contributed by atoms with Gasteiger partial charge >= 0.3 is 0 Å². The van der Waals surface area contributed by atoms with Crippen LogP contribution in [-0.2, 0) is 0 Å². The average molecular weight is 379 g/mol. The molecule has 2 nitrogen and oxygen atoms in total. The summed E-state index contributed by atoms with van der Waals surface area (Å²) in [5, 5.41) is 0. The summed E-state index contributed by atoms with van der Waals surface area (Å²) >= 11 is 0. The number of rotatable bonds is 16. The third-order valence-corrected chi connectivity index (χ3v) is 4.58. The average Bonchev–Trinajstić information content (AvgIpc) is 2.46. The Labute approximate surface area is 151 Å². The second-order valence-electron chi connectivity index (χ2n) is 7.41. The molecule has 0 aliphatic heterocycles. The molecule has 0 saturated carbocycles. The van der Waals surface area contributed by atoms with E-state index in [0.29, 0.717) is 0 Å². The Morgan fingerprint density at radius 2 is 0.955 bits per heavy atom. The maximum atomic E-state index is 5.59. The Morgan fingerprint density at radius 3 is 1.36 bits per heavy atom. The van der Waals surface area contributed by atoms with Gasteiger partial charge in [-0.2, -0.15) is 0 Å². The number of nitrogens with zero attached hydrogens (tertiary/aromatic N) is 1. The van der Waals surface area contributed by atoms with Crippen LogP contribution >= 0.6 is 0 Å². The van der Waals surface area contributed by atoms with Crippen LogP contribution in [0.4, 0.5) is 0 Å². The first-order valence-electron chi connectivity index (χ1n) is 9.64. The highest BCUT2D eigenvalue weighted by atomic mass is 79.9. The summed E-state index contributed by atoms with van der Waals surface area (Å²) in [5.41, 5.74) is 5.59. The molecule has 0 unspecified atom stereocenters. The van der Waals surface area contributed by atoms with Crippen molar-refractivity contribution in [3.63, 3.8) is 0 Å². The number of quaternary nitrogens is 1. The first-order chi connectivity index (χ1) is 10.1. The molecule has 0 saturated heterocycles. The van der Waals surface area contributed by atoms with Crippen LogP contribution in [0.1, 0.15) is 90.4 Å². The molecular weight excluding hydrogens is 336 g/mol. The molecule has 3 heteroatoms. The topological polar surface area (TPSA) is 26.0 Å². The maximum Gasteiger partial charge on any atom is 0.0794 e. The molecule has 0 spiro atoms. The predicted octanol–water partition coefficient (Wildman–Crippen LogP) is 2.12. The lowest BCUT2D eigenvalue weighted by Crippen LogP contribution is -3.00. The van der Waals surface area contributed by atoms with E-state index in [9.17, 15) is 0 Å². The predicted molar refractivity (Wildman–Crippen MR) is 96.6 cm³/mol. The Bertz CT molecular complexity index is 208. The molecule has 22 heavy (non-hydrogen) atoms. The normalized spacial score (nSPS) is 11.5. The molecule has 0 atom stereocenters. The monoisotopic (exact) mass is 378 g/mol. The van der Waals surface area contributed by atoms with Crippen LogP contribution in [0.2, 0.25) is 0 Å². The van der Waals surface area contributed by atoms with Gasteiger partial charge < -0.3 is 27.2 Å². The summed E-state index contributed by atoms with van der Waals surface area (Å²) in [6.45, 7) is 5.67. The smallest absolute Gasteiger partial charge is 0.0794 e. The van der Waals surface area contributed by atoms with Gasteiger partial charge in [0.05, 0.1) is 27.2 Å². The van der Waals surface area contributed by atoms with Gasteiger partial charge in [0.2, 0.25) is 0 Å². The minimum atomic E-state index is 0. The fourth-order valence-corrected chi connectivity index (χ4v) is 3.01. The molecule has 2 N–H and O–H groups in total. The SMILES string of the molecule is CCCCCCCCCCCCCC[N+](C)(C)CCCN.[Br-]. The quantitative estimate of drug-likeness (QED) is 0.323. The Kier molecular flexibility index (Phi) is 19.9. The first kappa shape index (κ1) is 24.6. The lowest BCUT2D eigenvalue weighted by molar-refractivity contribution is -0.890. The summed E-state index contributed by atoms with van der Waals surface area (Å²) in [4.78, 5) is 0. The number of unbranched alkanes of at least 4 members (excludes halogenated alkanes) is 11. The molecular formula is C19H43BrN2. The molecule has 0 rings (SSSR count). The first-order valence-corrected chi connectivity index (χ1v) is 9.64. The van der Waals surface area contributed by atoms with Crippen LogP contribution < -0.4 is 22.7 Å². The molecule has 0 aromatic rings. The fraction of sp³-hybridized carbons (Fsp3) is 1.00. The van der Waals surface area contributed by atoms with Gasteiger partial charge in [-0.15, -0.1) is 0 Å². The summed E-state index contributed by atoms with van der Waals surface area (Å²) in [6.07, 6.45) is 18.4. The molecule has 0 aromatic carbocycles. The summed E-state index contributed by atoms with van der Waals surface area (Å²) < 4.78 is 1.15. The number of halogens is 1. The van der Waals surface area contributed by atoms with Crippen molar-refractivity contribution in [3.8, 4) is 0 Å². The zero-order valence-electron chi connectivity index (χ0n) is 15.7. The highest BCUT2D eigenvalue weighted by Gasteiger charge is 2.12. The third-order valence-electron chi connectivity index (χ3n) is 4.58. The number of hydrogen-bond acceptors (Lipinski definition) is 1. The van der Waals surface area contributed by atoms with E-state index in [4.69, 9.17) is 5.73 Å². The molecule has 0 heterocycles. The van der Waals surface area contributed by atoms with Gasteiger partial charge in [0.25, 0.3) is 0 Å². The lowest BCUT2D eigenvalue weighted by atomic mass is 10.1. The minimum absolute atomic E-state index is 0. The van der Waals surface area contributed by atoms with Crippen LogP contribution in [0.3, 0.4) is 0 Å². The Hall–Kier alpha value is 0.400. The van der Waals surface area contributed by atoms with Crippen molar-refractivity contribution in [2.45, 2.75) is 90.4 Å². The number of nitrogens with two attached hydrogens (primary N) is 1. The molecule has 0 amide bonds. The maximum absolute atomic E-state index is 5.59. The van der Waals surface area contributed by atoms with Gasteiger partial charge in [-0.1, -0.05) is 71.1 Å². The fourth-order valence-electron chi connectivity index (χ4n) is 3.01. The highest BCUT2D eigenvalue weighted by Crippen LogP contribution is 2.12. The molecule has 0 bridgehead atoms. The van der Waals surface area contributed by atoms with E-state index in [-0.39, 0.29) is 17.0 Å². The van der Waals surface area contributed by atoms with E-state index in [1.165, 1.54) is 90.1 Å². The molecule has 0 aromatic heterocycles. The van der Waals surface area contributed by atoms with Gasteiger partial charge in [-0.3, -0.25) is 0 Å². The number of hydrogen-bond donors (Lipinski definition) is 1. The van der Waals surface area contributed by atoms with Crippen molar-refractivity contribution < 1.29 is 21.5 Å². The van der Waals surface area contributed by atoms with Crippen molar-refractivity contribution in [2.24, 2.45) is 5.73 Å². The summed E-state index contributed by atoms with van der Waals surface area (Å²) in [7, 11) is 4.68. The molecule has 0 aliphatic rings. The van der Waals surface area contributed by atoms with Gasteiger partial charge in [-0.25, -0.2) is 0 Å². The second-order valence-corrected chi connectivity index (χ2v) is 7.41. The van der Waals surface area contributed by atoms with Crippen LogP contribution in [0.25, 0.3) is 0 Å². The van der Waals surface area contributed by atoms with Crippen molar-refractivity contribution in [1.82, 2.24) is 0 Å². The van der Waals surface area contributed by atoms with E-state index in [1.807, 2.05) is 0 Å². The van der Waals surface area contributed by atoms with Crippen LogP contribution in [-0.4, -0.2) is 38.2 Å². The highest BCUT2D eigenvalue weighted by molar-refractivity contribution is 4.49. The summed E-state index contributed by atoms with van der Waals surface area (Å²) in [5.74, 6) is 0. The van der Waals surface area contributed by atoms with Crippen molar-refractivity contribution in [2.75, 3.05) is 33.7 Å². The molecule has 136 valence electrons. The zero-order chi connectivity index (χ0) is 15.8. The minimum Gasteiger partial charge on any atom is -1.00 e. The van der Waals surface area contributed by atoms with Crippen molar-refractivity contribution in [3.05, 3.63) is 0 Å². The van der Waals surface area contributed by atoms with E-state index in [0.717, 1.165) is 17.4 Å². The Morgan fingerprint density at radius 1 is 0.591 bits per heavy atom. The van der Waals surface area contributed by atoms with Gasteiger partial charge in [0.15, 0.2) is 0 Å². The van der Waals surface area contributed by atoms with Crippen molar-refractivity contribution >= 4 is 0 Å².